The smallest absolute Gasteiger partial charge is 0.338 e. The minimum absolute atomic E-state index is 0.0163. The normalized spacial score (nSPS) is 19.3. The zero-order valence-corrected chi connectivity index (χ0v) is 22.6. The first-order chi connectivity index (χ1) is 17.8. The maximum atomic E-state index is 13.3. The molecule has 3 aliphatic rings. The van der Waals surface area contributed by atoms with Crippen LogP contribution in [-0.4, -0.2) is 84.7 Å². The summed E-state index contributed by atoms with van der Waals surface area (Å²) in [5.41, 5.74) is 2.51. The van der Waals surface area contributed by atoms with Gasteiger partial charge in [0.15, 0.2) is 16.7 Å². The van der Waals surface area contributed by atoms with Crippen molar-refractivity contribution in [3.8, 4) is 11.5 Å². The molecule has 10 nitrogen and oxygen atoms in total. The summed E-state index contributed by atoms with van der Waals surface area (Å²) in [6, 6.07) is 4.95. The number of ether oxygens (including phenoxy) is 3. The van der Waals surface area contributed by atoms with Gasteiger partial charge in [-0.25, -0.2) is 9.79 Å². The lowest BCUT2D eigenvalue weighted by Crippen LogP contribution is -2.50. The van der Waals surface area contributed by atoms with Gasteiger partial charge in [0, 0.05) is 38.8 Å². The van der Waals surface area contributed by atoms with Crippen LogP contribution in [0.25, 0.3) is 0 Å². The summed E-state index contributed by atoms with van der Waals surface area (Å²) in [5.74, 6) is 0.627. The molecule has 3 aliphatic heterocycles. The Morgan fingerprint density at radius 2 is 1.73 bits per heavy atom. The first-order valence-electron chi connectivity index (χ1n) is 12.2. The molecule has 198 valence electrons. The van der Waals surface area contributed by atoms with E-state index in [9.17, 15) is 14.4 Å². The Morgan fingerprint density at radius 3 is 2.35 bits per heavy atom. The van der Waals surface area contributed by atoms with Gasteiger partial charge in [-0.05, 0) is 37.0 Å². The molecule has 0 aliphatic carbocycles. The highest BCUT2D eigenvalue weighted by atomic mass is 32.2. The molecule has 1 unspecified atom stereocenters. The number of piperazine rings is 1. The van der Waals surface area contributed by atoms with Crippen molar-refractivity contribution in [1.82, 2.24) is 14.7 Å². The lowest BCUT2D eigenvalue weighted by molar-refractivity contribution is -0.139. The van der Waals surface area contributed by atoms with Crippen LogP contribution < -0.4 is 9.47 Å². The summed E-state index contributed by atoms with van der Waals surface area (Å²) in [5, 5.41) is 2.60. The number of benzene rings is 1. The molecule has 0 N–H and O–H groups in total. The summed E-state index contributed by atoms with van der Waals surface area (Å²) >= 11 is 1.42. The van der Waals surface area contributed by atoms with E-state index in [4.69, 9.17) is 14.2 Å². The molecule has 0 bridgehead atoms. The van der Waals surface area contributed by atoms with Crippen LogP contribution >= 0.6 is 11.8 Å². The zero-order chi connectivity index (χ0) is 26.7. The van der Waals surface area contributed by atoms with Gasteiger partial charge in [0.2, 0.25) is 11.8 Å². The minimum Gasteiger partial charge on any atom is -0.493 e. The Kier molecular flexibility index (Phi) is 8.11. The van der Waals surface area contributed by atoms with Gasteiger partial charge in [-0.3, -0.25) is 9.59 Å². The van der Waals surface area contributed by atoms with E-state index in [0.29, 0.717) is 54.1 Å². The number of carbonyl (C=O) groups is 3. The van der Waals surface area contributed by atoms with Gasteiger partial charge in [0.25, 0.3) is 0 Å². The van der Waals surface area contributed by atoms with Crippen LogP contribution in [0.3, 0.4) is 0 Å². The predicted octanol–water partition coefficient (Wildman–Crippen LogP) is 2.92. The summed E-state index contributed by atoms with van der Waals surface area (Å²) < 4.78 is 16.3. The van der Waals surface area contributed by atoms with Crippen molar-refractivity contribution in [2.75, 3.05) is 47.0 Å². The average Bonchev–Trinajstić information content (AvgIpc) is 3.29. The molecule has 1 atom stereocenters. The summed E-state index contributed by atoms with van der Waals surface area (Å²) in [6.07, 6.45) is 0.144. The fourth-order valence-electron chi connectivity index (χ4n) is 4.72. The number of amides is 2. The molecular formula is C26H32N4O6S. The molecule has 1 aromatic carbocycles. The lowest BCUT2D eigenvalue weighted by Gasteiger charge is -2.38. The predicted molar refractivity (Wildman–Crippen MR) is 140 cm³/mol. The standard InChI is InChI=1S/C26H32N4O6S/c1-6-36-25(33)23-16(2)27-26-30(24(23)18-7-8-20(34-4)21(13-18)35-5)19(15-37-26)14-22(32)29-11-9-28(10-12-29)17(3)31/h7-8,13,15,24H,6,9-12,14H2,1-5H3. The molecule has 1 saturated heterocycles. The molecule has 0 aromatic heterocycles. The van der Waals surface area contributed by atoms with Crippen molar-refractivity contribution in [1.29, 1.82) is 0 Å². The Morgan fingerprint density at radius 1 is 1.05 bits per heavy atom. The number of allylic oxidation sites excluding steroid dienone is 1. The van der Waals surface area contributed by atoms with E-state index >= 15 is 0 Å². The quantitative estimate of drug-likeness (QED) is 0.498. The van der Waals surface area contributed by atoms with Gasteiger partial charge in [0.05, 0.1) is 44.6 Å². The number of rotatable bonds is 7. The third-order valence-corrected chi connectivity index (χ3v) is 7.52. The van der Waals surface area contributed by atoms with Crippen molar-refractivity contribution in [3.05, 3.63) is 46.1 Å². The topological polar surface area (TPSA) is 101 Å². The number of nitrogens with zero attached hydrogens (tertiary/aromatic N) is 4. The van der Waals surface area contributed by atoms with E-state index < -0.39 is 12.0 Å². The third-order valence-electron chi connectivity index (χ3n) is 6.63. The van der Waals surface area contributed by atoms with Crippen LogP contribution in [0.5, 0.6) is 11.5 Å². The second kappa shape index (κ2) is 11.3. The number of hydrogen-bond donors (Lipinski definition) is 0. The van der Waals surface area contributed by atoms with Crippen molar-refractivity contribution in [2.45, 2.75) is 33.2 Å². The van der Waals surface area contributed by atoms with Gasteiger partial charge in [0.1, 0.15) is 0 Å². The van der Waals surface area contributed by atoms with Gasteiger partial charge in [-0.2, -0.15) is 0 Å². The van der Waals surface area contributed by atoms with Crippen LogP contribution in [0.1, 0.15) is 38.8 Å². The first-order valence-corrected chi connectivity index (χ1v) is 13.0. The number of hydrogen-bond acceptors (Lipinski definition) is 9. The molecule has 0 spiro atoms. The van der Waals surface area contributed by atoms with Crippen molar-refractivity contribution in [3.63, 3.8) is 0 Å². The SMILES string of the molecule is CCOC(=O)C1=C(C)N=C2SC=C(CC(=O)N3CCN(C(C)=O)CC3)N2C1c1ccc(OC)c(OC)c1. The van der Waals surface area contributed by atoms with E-state index in [-0.39, 0.29) is 24.8 Å². The lowest BCUT2D eigenvalue weighted by atomic mass is 9.93. The molecule has 11 heteroatoms. The molecule has 2 amide bonds. The van der Waals surface area contributed by atoms with Crippen LogP contribution in [0, 0.1) is 0 Å². The summed E-state index contributed by atoms with van der Waals surface area (Å²) in [6.45, 7) is 7.36. The Balaban J connectivity index is 1.66. The van der Waals surface area contributed by atoms with Gasteiger partial charge < -0.3 is 28.9 Å². The fraction of sp³-hybridized carbons (Fsp3) is 0.462. The van der Waals surface area contributed by atoms with Gasteiger partial charge in [-0.15, -0.1) is 0 Å². The first kappa shape index (κ1) is 26.6. The molecule has 0 radical (unpaired) electrons. The average molecular weight is 529 g/mol. The van der Waals surface area contributed by atoms with Crippen molar-refractivity contribution >= 4 is 34.7 Å². The highest BCUT2D eigenvalue weighted by Gasteiger charge is 2.42. The molecule has 1 aromatic rings. The molecule has 3 heterocycles. The second-order valence-electron chi connectivity index (χ2n) is 8.79. The van der Waals surface area contributed by atoms with E-state index in [2.05, 4.69) is 4.99 Å². The fourth-order valence-corrected chi connectivity index (χ4v) is 5.68. The molecule has 4 rings (SSSR count). The monoisotopic (exact) mass is 528 g/mol. The zero-order valence-electron chi connectivity index (χ0n) is 21.8. The summed E-state index contributed by atoms with van der Waals surface area (Å²) in [4.78, 5) is 48.2. The summed E-state index contributed by atoms with van der Waals surface area (Å²) in [7, 11) is 3.13. The largest absolute Gasteiger partial charge is 0.493 e. The number of carbonyl (C=O) groups excluding carboxylic acids is 3. The van der Waals surface area contributed by atoms with Crippen molar-refractivity contribution < 1.29 is 28.6 Å². The highest BCUT2D eigenvalue weighted by molar-refractivity contribution is 8.16. The van der Waals surface area contributed by atoms with Crippen LogP contribution in [0.4, 0.5) is 0 Å². The van der Waals surface area contributed by atoms with Crippen LogP contribution in [-0.2, 0) is 19.1 Å². The number of esters is 1. The van der Waals surface area contributed by atoms with Gasteiger partial charge in [-0.1, -0.05) is 17.8 Å². The van der Waals surface area contributed by atoms with E-state index in [1.165, 1.54) is 11.8 Å². The second-order valence-corrected chi connectivity index (χ2v) is 9.63. The minimum atomic E-state index is -0.560. The number of methoxy groups -OCH3 is 2. The van der Waals surface area contributed by atoms with Crippen molar-refractivity contribution in [2.24, 2.45) is 4.99 Å². The Bertz CT molecular complexity index is 1190. The number of thioether (sulfide) groups is 1. The molecule has 0 saturated carbocycles. The molecule has 37 heavy (non-hydrogen) atoms. The maximum absolute atomic E-state index is 13.3. The van der Waals surface area contributed by atoms with Gasteiger partial charge >= 0.3 is 5.97 Å². The van der Waals surface area contributed by atoms with E-state index in [1.807, 2.05) is 22.4 Å². The van der Waals surface area contributed by atoms with Crippen LogP contribution in [0.2, 0.25) is 0 Å². The van der Waals surface area contributed by atoms with Crippen LogP contribution in [0.15, 0.2) is 45.6 Å². The Hall–Kier alpha value is -3.47. The maximum Gasteiger partial charge on any atom is 0.338 e. The number of fused-ring (bicyclic) bond motifs is 1. The van der Waals surface area contributed by atoms with E-state index in [0.717, 1.165) is 11.3 Å². The number of aliphatic imine (C=N–C) groups is 1. The molecular weight excluding hydrogens is 496 g/mol. The Labute approximate surface area is 220 Å². The van der Waals surface area contributed by atoms with E-state index in [1.54, 1.807) is 50.9 Å². The highest BCUT2D eigenvalue weighted by Crippen LogP contribution is 2.46. The molecule has 1 fully saturated rings. The number of amidine groups is 1. The third kappa shape index (κ3) is 5.31.